The average molecular weight is 634 g/mol. The van der Waals surface area contributed by atoms with E-state index in [9.17, 15) is 9.59 Å². The minimum absolute atomic E-state index is 0.0839. The van der Waals surface area contributed by atoms with Gasteiger partial charge in [0, 0.05) is 24.0 Å². The topological polar surface area (TPSA) is 98.8 Å². The van der Waals surface area contributed by atoms with E-state index in [0.29, 0.717) is 19.3 Å². The molecule has 2 N–H and O–H groups in total. The number of alkyl carbamates (subject to hydrolysis) is 2. The molecule has 9 heteroatoms. The van der Waals surface area contributed by atoms with Crippen molar-refractivity contribution >= 4 is 20.5 Å². The predicted octanol–water partition coefficient (Wildman–Crippen LogP) is 7.84. The summed E-state index contributed by atoms with van der Waals surface area (Å²) >= 11 is 0. The molecule has 3 rings (SSSR count). The maximum Gasteiger partial charge on any atom is 0.407 e. The molecule has 244 valence electrons. The van der Waals surface area contributed by atoms with Crippen LogP contribution in [-0.4, -0.2) is 49.3 Å². The Labute approximate surface area is 270 Å². The van der Waals surface area contributed by atoms with Crippen LogP contribution in [0.4, 0.5) is 9.59 Å². The van der Waals surface area contributed by atoms with Gasteiger partial charge in [-0.25, -0.2) is 9.59 Å². The van der Waals surface area contributed by atoms with Crippen molar-refractivity contribution < 1.29 is 23.5 Å². The van der Waals surface area contributed by atoms with Crippen molar-refractivity contribution in [1.29, 1.82) is 0 Å². The van der Waals surface area contributed by atoms with Crippen molar-refractivity contribution in [3.05, 3.63) is 102 Å². The van der Waals surface area contributed by atoms with Gasteiger partial charge in [-0.1, -0.05) is 87.5 Å². The molecule has 2 amide bonds. The third-order valence-electron chi connectivity index (χ3n) is 7.96. The first kappa shape index (κ1) is 35.8. The minimum atomic E-state index is -2.35. The lowest BCUT2D eigenvalue weighted by Crippen LogP contribution is -2.55. The Morgan fingerprint density at radius 1 is 0.778 bits per heavy atom. The number of ether oxygens (including phenoxy) is 2. The van der Waals surface area contributed by atoms with Crippen LogP contribution in [0.25, 0.3) is 0 Å². The summed E-state index contributed by atoms with van der Waals surface area (Å²) in [5.41, 5.74) is 2.27. The number of hydrogen-bond acceptors (Lipinski definition) is 6. The molecule has 3 atom stereocenters. The van der Waals surface area contributed by atoms with Gasteiger partial charge in [0.15, 0.2) is 8.32 Å². The van der Waals surface area contributed by atoms with Gasteiger partial charge in [0.2, 0.25) is 0 Å². The Morgan fingerprint density at radius 3 is 1.89 bits per heavy atom. The zero-order valence-electron chi connectivity index (χ0n) is 28.1. The van der Waals surface area contributed by atoms with Crippen molar-refractivity contribution in [2.75, 3.05) is 0 Å². The molecule has 8 nitrogen and oxygen atoms in total. The number of rotatable bonds is 13. The van der Waals surface area contributed by atoms with Crippen molar-refractivity contribution in [2.24, 2.45) is 0 Å². The van der Waals surface area contributed by atoms with Gasteiger partial charge in [-0.3, -0.25) is 4.98 Å². The highest BCUT2D eigenvalue weighted by Gasteiger charge is 2.42. The third-order valence-corrected chi connectivity index (χ3v) is 12.5. The van der Waals surface area contributed by atoms with E-state index >= 15 is 0 Å². The SMILES string of the molecule is CC(C)(C)OC(=O)NC(Cc1ccccc1)C(CC(Cc1ccccc1)NC(=O)OCc1cccnc1)O[Si](C)(C)C(C)(C)C. The smallest absolute Gasteiger partial charge is 0.407 e. The lowest BCUT2D eigenvalue weighted by Gasteiger charge is -2.42. The molecule has 1 aromatic heterocycles. The zero-order chi connectivity index (χ0) is 33.1. The van der Waals surface area contributed by atoms with Gasteiger partial charge < -0.3 is 24.5 Å². The molecular formula is C36H51N3O5Si. The number of benzene rings is 2. The van der Waals surface area contributed by atoms with E-state index in [1.54, 1.807) is 12.4 Å². The van der Waals surface area contributed by atoms with E-state index in [1.807, 2.05) is 93.6 Å². The fourth-order valence-electron chi connectivity index (χ4n) is 4.67. The van der Waals surface area contributed by atoms with Crippen LogP contribution in [0.1, 0.15) is 64.7 Å². The van der Waals surface area contributed by atoms with Crippen molar-refractivity contribution in [3.63, 3.8) is 0 Å². The Balaban J connectivity index is 1.96. The number of nitrogens with zero attached hydrogens (tertiary/aromatic N) is 1. The van der Waals surface area contributed by atoms with E-state index in [2.05, 4.69) is 49.5 Å². The second-order valence-electron chi connectivity index (χ2n) is 14.1. The zero-order valence-corrected chi connectivity index (χ0v) is 29.1. The molecule has 0 radical (unpaired) electrons. The summed E-state index contributed by atoms with van der Waals surface area (Å²) in [6, 6.07) is 23.0. The largest absolute Gasteiger partial charge is 0.445 e. The molecular weight excluding hydrogens is 582 g/mol. The second-order valence-corrected chi connectivity index (χ2v) is 18.8. The van der Waals surface area contributed by atoms with Crippen molar-refractivity contribution in [2.45, 2.75) is 109 Å². The van der Waals surface area contributed by atoms with E-state index in [4.69, 9.17) is 13.9 Å². The molecule has 0 saturated heterocycles. The molecule has 3 aromatic rings. The first-order valence-electron chi connectivity index (χ1n) is 15.7. The summed E-state index contributed by atoms with van der Waals surface area (Å²) < 4.78 is 18.4. The molecule has 0 aliphatic carbocycles. The molecule has 1 heterocycles. The van der Waals surface area contributed by atoms with E-state index in [0.717, 1.165) is 16.7 Å². The number of aromatic nitrogens is 1. The predicted molar refractivity (Wildman–Crippen MR) is 181 cm³/mol. The van der Waals surface area contributed by atoms with Crippen molar-refractivity contribution in [1.82, 2.24) is 15.6 Å². The lowest BCUT2D eigenvalue weighted by molar-refractivity contribution is 0.0412. The first-order valence-corrected chi connectivity index (χ1v) is 18.6. The Kier molecular flexibility index (Phi) is 12.8. The standard InChI is InChI=1S/C36H51N3O5Si/c1-35(2,3)43-34(41)39-31(23-28-18-13-10-14-19-28)32(44-45(7,8)36(4,5)6)24-30(22-27-16-11-9-12-17-27)38-33(40)42-26-29-20-15-21-37-25-29/h9-21,25,30-32H,22-24,26H2,1-8H3,(H,38,40)(H,39,41). The number of pyridine rings is 1. The summed E-state index contributed by atoms with van der Waals surface area (Å²) in [5, 5.41) is 6.18. The van der Waals surface area contributed by atoms with E-state index < -0.39 is 38.3 Å². The highest BCUT2D eigenvalue weighted by molar-refractivity contribution is 6.74. The lowest BCUT2D eigenvalue weighted by atomic mass is 9.94. The van der Waals surface area contributed by atoms with Crippen LogP contribution in [0.2, 0.25) is 18.1 Å². The maximum absolute atomic E-state index is 13.2. The van der Waals surface area contributed by atoms with Gasteiger partial charge in [-0.15, -0.1) is 0 Å². The van der Waals surface area contributed by atoms with Crippen LogP contribution in [0.3, 0.4) is 0 Å². The maximum atomic E-state index is 13.2. The van der Waals surface area contributed by atoms with Crippen LogP contribution < -0.4 is 10.6 Å². The highest BCUT2D eigenvalue weighted by atomic mass is 28.4. The van der Waals surface area contributed by atoms with Crippen LogP contribution in [0.15, 0.2) is 85.2 Å². The Bertz CT molecular complexity index is 1330. The number of nitrogens with one attached hydrogen (secondary N) is 2. The molecule has 0 aliphatic heterocycles. The average Bonchev–Trinajstić information content (AvgIpc) is 2.95. The van der Waals surface area contributed by atoms with Crippen LogP contribution in [0, 0.1) is 0 Å². The van der Waals surface area contributed by atoms with E-state index in [1.165, 1.54) is 0 Å². The van der Waals surface area contributed by atoms with Gasteiger partial charge >= 0.3 is 12.2 Å². The molecule has 0 saturated carbocycles. The number of amides is 2. The molecule has 0 aliphatic rings. The molecule has 2 aromatic carbocycles. The first-order chi connectivity index (χ1) is 21.1. The van der Waals surface area contributed by atoms with Crippen molar-refractivity contribution in [3.8, 4) is 0 Å². The van der Waals surface area contributed by atoms with Gasteiger partial charge in [0.05, 0.1) is 12.1 Å². The van der Waals surface area contributed by atoms with Crippen LogP contribution in [0.5, 0.6) is 0 Å². The fraction of sp³-hybridized carbons (Fsp3) is 0.472. The summed E-state index contributed by atoms with van der Waals surface area (Å²) in [6.07, 6.45) is 3.42. The quantitative estimate of drug-likeness (QED) is 0.186. The second kappa shape index (κ2) is 16.0. The van der Waals surface area contributed by atoms with Crippen LogP contribution >= 0.6 is 0 Å². The summed E-state index contributed by atoms with van der Waals surface area (Å²) in [6.45, 7) is 16.6. The third kappa shape index (κ3) is 12.7. The Morgan fingerprint density at radius 2 is 1.36 bits per heavy atom. The summed E-state index contributed by atoms with van der Waals surface area (Å²) in [5.74, 6) is 0. The minimum Gasteiger partial charge on any atom is -0.445 e. The number of carbonyl (C=O) groups excluding carboxylic acids is 2. The van der Waals surface area contributed by atoms with Gasteiger partial charge in [0.25, 0.3) is 0 Å². The molecule has 0 spiro atoms. The summed E-state index contributed by atoms with van der Waals surface area (Å²) in [4.78, 5) is 30.5. The van der Waals surface area contributed by atoms with Gasteiger partial charge in [0.1, 0.15) is 12.2 Å². The number of hydrogen-bond donors (Lipinski definition) is 2. The molecule has 0 fully saturated rings. The Hall–Kier alpha value is -3.69. The number of carbonyl (C=O) groups is 2. The summed E-state index contributed by atoms with van der Waals surface area (Å²) in [7, 11) is -2.35. The monoisotopic (exact) mass is 633 g/mol. The van der Waals surface area contributed by atoms with E-state index in [-0.39, 0.29) is 17.7 Å². The van der Waals surface area contributed by atoms with Gasteiger partial charge in [-0.05, 0) is 75.4 Å². The molecule has 45 heavy (non-hydrogen) atoms. The molecule has 0 bridgehead atoms. The van der Waals surface area contributed by atoms with Gasteiger partial charge in [-0.2, -0.15) is 0 Å². The van der Waals surface area contributed by atoms with Crippen LogP contribution in [-0.2, 0) is 33.3 Å². The fourth-order valence-corrected chi connectivity index (χ4v) is 6.04. The highest BCUT2D eigenvalue weighted by Crippen LogP contribution is 2.38. The molecule has 3 unspecified atom stereocenters. The normalized spacial score (nSPS) is 14.1.